The van der Waals surface area contributed by atoms with Gasteiger partial charge in [-0.25, -0.2) is 88.2 Å². The number of carbonyl (C=O) groups is 1. The van der Waals surface area contributed by atoms with Crippen LogP contribution in [0.25, 0.3) is 89.7 Å². The first-order chi connectivity index (χ1) is 62.2. The Kier molecular flexibility index (Phi) is 23.7. The molecule has 33 nitrogen and oxygen atoms in total. The first-order valence-corrected chi connectivity index (χ1v) is 42.2. The first kappa shape index (κ1) is 85.5. The van der Waals surface area contributed by atoms with E-state index in [1.165, 1.54) is 84.3 Å². The van der Waals surface area contributed by atoms with Crippen LogP contribution in [0.1, 0.15) is 54.4 Å². The van der Waals surface area contributed by atoms with Crippen molar-refractivity contribution in [3.05, 3.63) is 239 Å². The number of ether oxygens (including phenoxy) is 2. The number of para-hydroxylation sites is 4. The molecule has 11 heterocycles. The van der Waals surface area contributed by atoms with Crippen molar-refractivity contribution >= 4 is 129 Å². The Balaban J connectivity index is 0.000000121. The van der Waals surface area contributed by atoms with Crippen LogP contribution in [0.5, 0.6) is 0 Å². The molecule has 16 aromatic rings. The number of nitrogens with one attached hydrogen (secondary N) is 1. The highest BCUT2D eigenvalue weighted by molar-refractivity contribution is 7.93. The van der Waals surface area contributed by atoms with E-state index in [1.54, 1.807) is 109 Å². The summed E-state index contributed by atoms with van der Waals surface area (Å²) in [4.78, 5) is 49.8. The number of anilines is 12. The minimum atomic E-state index is -3.55. The summed E-state index contributed by atoms with van der Waals surface area (Å²) in [5, 5.41) is 23.1. The van der Waals surface area contributed by atoms with E-state index in [2.05, 4.69) is 65.6 Å². The van der Waals surface area contributed by atoms with E-state index in [-0.39, 0.29) is 172 Å². The zero-order chi connectivity index (χ0) is 90.2. The van der Waals surface area contributed by atoms with Gasteiger partial charge in [0.1, 0.15) is 121 Å². The van der Waals surface area contributed by atoms with Crippen LogP contribution in [-0.2, 0) is 45.7 Å². The summed E-state index contributed by atoms with van der Waals surface area (Å²) in [7, 11) is -3.55. The second kappa shape index (κ2) is 35.8. The molecule has 17 N–H and O–H groups in total. The third-order valence-electron chi connectivity index (χ3n) is 22.0. The van der Waals surface area contributed by atoms with E-state index < -0.39 is 56.8 Å². The van der Waals surface area contributed by atoms with Crippen molar-refractivity contribution in [2.24, 2.45) is 0 Å². The molecule has 20 rings (SSSR count). The summed E-state index contributed by atoms with van der Waals surface area (Å²) >= 11 is 0. The molecular weight excluding hydrogens is 1700 g/mol. The second-order valence-corrected chi connectivity index (χ2v) is 32.4. The van der Waals surface area contributed by atoms with E-state index in [0.717, 1.165) is 30.0 Å². The monoisotopic (exact) mass is 1780 g/mol. The number of cyclic esters (lactones) is 1. The quantitative estimate of drug-likeness (QED) is 0.0382. The van der Waals surface area contributed by atoms with Crippen molar-refractivity contribution in [2.75, 3.05) is 117 Å². The lowest BCUT2D eigenvalue weighted by molar-refractivity contribution is 0.123. The normalized spacial score (nSPS) is 14.4. The fourth-order valence-electron chi connectivity index (χ4n) is 16.0. The number of halogens is 8. The molecule has 129 heavy (non-hydrogen) atoms. The van der Waals surface area contributed by atoms with Gasteiger partial charge in [-0.15, -0.1) is 0 Å². The number of nitrogens with zero attached hydrogens (tertiary/aromatic N) is 19. The van der Waals surface area contributed by atoms with Gasteiger partial charge in [0.25, 0.3) is 0 Å². The Morgan fingerprint density at radius 1 is 0.357 bits per heavy atom. The Morgan fingerprint density at radius 3 is 0.977 bits per heavy atom. The van der Waals surface area contributed by atoms with Gasteiger partial charge >= 0.3 is 6.09 Å². The van der Waals surface area contributed by atoms with E-state index in [1.807, 2.05) is 4.90 Å². The molecule has 0 unspecified atom stereocenters. The van der Waals surface area contributed by atoms with Gasteiger partial charge in [0.2, 0.25) is 10.0 Å². The van der Waals surface area contributed by atoms with Crippen molar-refractivity contribution < 1.29 is 57.8 Å². The van der Waals surface area contributed by atoms with Gasteiger partial charge in [0.15, 0.2) is 69.8 Å². The SMILES string of the molecule is Nc1nc(-c2nn(Cc3ccccc3F)c3c(F)cccc23)nc(N)c1N1CCCS1(=O)=O.Nc1nc(-c2nn(Cc3ccccc3F)c3c(F)cccc23)nc(N)c1N1CCOC1=O.Nc1nc(-c2nn(Cc3ccccc3F)c3c(F)cccc23)nc(N)c1N1CCOCC1.Nc1nc(-c2nn(Cc3ccccc3F)c3c(F)cccc23)nc(N)c1NC1CCCC1. The van der Waals surface area contributed by atoms with Crippen molar-refractivity contribution in [2.45, 2.75) is 64.3 Å². The summed E-state index contributed by atoms with van der Waals surface area (Å²) in [6.07, 6.45) is 4.26. The minimum Gasteiger partial charge on any atom is -0.447 e. The number of benzene rings is 8. The molecule has 660 valence electrons. The van der Waals surface area contributed by atoms with E-state index in [0.29, 0.717) is 105 Å². The van der Waals surface area contributed by atoms with Crippen LogP contribution >= 0.6 is 0 Å². The molecule has 0 bridgehead atoms. The summed E-state index contributed by atoms with van der Waals surface area (Å²) in [5.41, 5.74) is 53.8. The molecule has 1 saturated carbocycles. The maximum atomic E-state index is 14.8. The van der Waals surface area contributed by atoms with Gasteiger partial charge in [-0.2, -0.15) is 20.4 Å². The average molecular weight is 1780 g/mol. The van der Waals surface area contributed by atoms with Gasteiger partial charge in [-0.1, -0.05) is 134 Å². The summed E-state index contributed by atoms with van der Waals surface area (Å²) in [5.74, 6) is -2.77. The zero-order valence-corrected chi connectivity index (χ0v) is 69.2. The highest BCUT2D eigenvalue weighted by atomic mass is 32.2. The predicted octanol–water partition coefficient (Wildman–Crippen LogP) is 12.6. The molecule has 0 radical (unpaired) electrons. The van der Waals surface area contributed by atoms with Crippen LogP contribution in [0.2, 0.25) is 0 Å². The number of nitrogens with two attached hydrogens (primary N) is 8. The minimum absolute atomic E-state index is 0.00717. The lowest BCUT2D eigenvalue weighted by Crippen LogP contribution is -2.37. The lowest BCUT2D eigenvalue weighted by atomic mass is 10.1. The number of rotatable bonds is 17. The molecule has 1 amide bonds. The van der Waals surface area contributed by atoms with Crippen molar-refractivity contribution in [3.63, 3.8) is 0 Å². The summed E-state index contributed by atoms with van der Waals surface area (Å²) in [6, 6.07) is 43.4. The average Bonchev–Trinajstić information content (AvgIpc) is 1.63. The molecule has 0 atom stereocenters. The van der Waals surface area contributed by atoms with Gasteiger partial charge in [-0.3, -0.25) is 27.9 Å². The molecule has 3 aliphatic heterocycles. The maximum absolute atomic E-state index is 14.8. The van der Waals surface area contributed by atoms with Gasteiger partial charge in [-0.05, 0) is 67.8 Å². The number of nitrogen functional groups attached to an aromatic ring is 8. The third-order valence-corrected chi connectivity index (χ3v) is 23.9. The van der Waals surface area contributed by atoms with Crippen LogP contribution in [0.4, 0.5) is 109 Å². The highest BCUT2D eigenvalue weighted by Gasteiger charge is 2.36. The fourth-order valence-corrected chi connectivity index (χ4v) is 17.6. The lowest BCUT2D eigenvalue weighted by Gasteiger charge is -2.29. The van der Waals surface area contributed by atoms with Crippen LogP contribution in [0, 0.1) is 46.5 Å². The number of fused-ring (bicyclic) bond motifs is 4. The number of sulfonamides is 1. The summed E-state index contributed by atoms with van der Waals surface area (Å²) < 4.78 is 157. The highest BCUT2D eigenvalue weighted by Crippen LogP contribution is 2.41. The number of hydrogen-bond acceptors (Lipinski definition) is 27. The van der Waals surface area contributed by atoms with Gasteiger partial charge in [0.05, 0.1) is 51.7 Å². The first-order valence-electron chi connectivity index (χ1n) is 40.5. The Hall–Kier alpha value is -15.6. The zero-order valence-electron chi connectivity index (χ0n) is 68.4. The van der Waals surface area contributed by atoms with Crippen LogP contribution in [-0.4, -0.2) is 151 Å². The second-order valence-electron chi connectivity index (χ2n) is 30.4. The molecule has 4 aliphatic rings. The molecule has 8 aromatic heterocycles. The molecule has 4 fully saturated rings. The summed E-state index contributed by atoms with van der Waals surface area (Å²) in [6.45, 7) is 3.13. The Labute approximate surface area is 728 Å². The number of carbonyl (C=O) groups excluding carboxylic acids is 1. The van der Waals surface area contributed by atoms with E-state index in [9.17, 15) is 48.3 Å². The number of hydrogen-bond donors (Lipinski definition) is 9. The number of amides is 1. The maximum Gasteiger partial charge on any atom is 0.414 e. The number of morpholine rings is 1. The van der Waals surface area contributed by atoms with Gasteiger partial charge < -0.3 is 65.6 Å². The van der Waals surface area contributed by atoms with E-state index in [4.69, 9.17) is 55.3 Å². The fraction of sp³-hybridized carbons (Fsp3) is 0.207. The molecule has 3 saturated heterocycles. The van der Waals surface area contributed by atoms with Gasteiger partial charge in [0, 0.05) is 69.5 Å². The Bertz CT molecular complexity index is 7060. The molecule has 42 heteroatoms. The third kappa shape index (κ3) is 17.2. The van der Waals surface area contributed by atoms with E-state index >= 15 is 0 Å². The van der Waals surface area contributed by atoms with Crippen molar-refractivity contribution in [1.29, 1.82) is 0 Å². The topological polar surface area (TPSA) is 474 Å². The van der Waals surface area contributed by atoms with Crippen molar-refractivity contribution in [3.8, 4) is 46.1 Å². The van der Waals surface area contributed by atoms with Crippen molar-refractivity contribution in [1.82, 2.24) is 79.0 Å². The molecular formula is C87H80F8N28O5S. The standard InChI is InChI=1S/C23H23F2N7.C22H21F2N7O.C21H19F2N7O2S.C21H17F2N7O2/c24-16-10-4-1-6-13(16)12-32-20-15(9-5-11-17(20)25)18(31-32)23-29-21(26)19(22(27)30-23)28-14-7-2-3-8-14;23-15-6-2-1-4-13(15)12-31-18-14(5-3-7-16(18)24)17(29-31)22-27-20(25)19(21(26)28-22)30-8-10-32-11-9-30;22-14-7-2-1-5-12(14)11-29-17-13(6-3-8-15(17)23)16(28-29)21-26-19(24)18(20(25)27-21)30-9-4-10-33(30,31)32;22-13-6-2-1-4-11(13)10-30-16-12(5-3-7-14(16)23)15(28-30)20-26-18(24)17(19(25)27-20)29-8-9-32-21(29)31/h1,4-6,9-11,14,28H,2-3,7-8,12H2,(H4,26,27,29,30);1-7H,8-12H2,(H4,25,26,27,28);1-3,5-8H,4,9-11H2,(H4,24,25,26,27);1-7H,8-10H2,(H4,24,25,26,27). The van der Waals surface area contributed by atoms with Crippen LogP contribution < -0.4 is 65.3 Å². The van der Waals surface area contributed by atoms with Crippen LogP contribution in [0.3, 0.4) is 0 Å². The molecule has 1 aliphatic carbocycles. The predicted molar refractivity (Wildman–Crippen MR) is 474 cm³/mol. The largest absolute Gasteiger partial charge is 0.447 e. The molecule has 0 spiro atoms. The van der Waals surface area contributed by atoms with Crippen LogP contribution in [0.15, 0.2) is 170 Å². The molecule has 8 aromatic carbocycles. The Morgan fingerprint density at radius 2 is 0.667 bits per heavy atom. The smallest absolute Gasteiger partial charge is 0.414 e. The number of aromatic nitrogens is 16.